The van der Waals surface area contributed by atoms with Crippen molar-refractivity contribution in [2.75, 3.05) is 12.4 Å². The number of halogens is 2. The standard InChI is InChI=1S/C26H21F2NO3/c1-15(12-24(30)29-23-7-5-4-6-22(23)28)19-13-20-21(17-8-10-18(27)11-9-17)14-32-26(20)16(2)25(19)31-3/h4-14H,1-3H3,(H,29,30)/b15-12+. The van der Waals surface area contributed by atoms with Gasteiger partial charge < -0.3 is 14.5 Å². The van der Waals surface area contributed by atoms with Crippen LogP contribution >= 0.6 is 0 Å². The highest BCUT2D eigenvalue weighted by Crippen LogP contribution is 2.40. The molecule has 0 unspecified atom stereocenters. The molecule has 6 heteroatoms. The number of anilines is 1. The molecule has 0 spiro atoms. The first kappa shape index (κ1) is 21.3. The summed E-state index contributed by atoms with van der Waals surface area (Å²) >= 11 is 0. The quantitative estimate of drug-likeness (QED) is 0.355. The second-order valence-corrected chi connectivity index (χ2v) is 7.41. The third kappa shape index (κ3) is 3.99. The Morgan fingerprint density at radius 3 is 2.50 bits per heavy atom. The molecule has 0 radical (unpaired) electrons. The van der Waals surface area contributed by atoms with Gasteiger partial charge in [0.2, 0.25) is 5.91 Å². The number of amides is 1. The summed E-state index contributed by atoms with van der Waals surface area (Å²) in [4.78, 5) is 12.5. The van der Waals surface area contributed by atoms with E-state index in [2.05, 4.69) is 5.32 Å². The van der Waals surface area contributed by atoms with Crippen molar-refractivity contribution in [1.82, 2.24) is 0 Å². The normalized spacial score (nSPS) is 11.6. The van der Waals surface area contributed by atoms with Crippen molar-refractivity contribution < 1.29 is 22.7 Å². The summed E-state index contributed by atoms with van der Waals surface area (Å²) in [5.41, 5.74) is 4.46. The lowest BCUT2D eigenvalue weighted by Gasteiger charge is -2.13. The van der Waals surface area contributed by atoms with E-state index in [9.17, 15) is 13.6 Å². The predicted molar refractivity (Wildman–Crippen MR) is 122 cm³/mol. The van der Waals surface area contributed by atoms with Gasteiger partial charge in [0.15, 0.2) is 0 Å². The lowest BCUT2D eigenvalue weighted by Crippen LogP contribution is -2.10. The summed E-state index contributed by atoms with van der Waals surface area (Å²) in [6, 6.07) is 14.0. The Kier molecular flexibility index (Phi) is 5.77. The summed E-state index contributed by atoms with van der Waals surface area (Å²) in [5.74, 6) is -0.716. The summed E-state index contributed by atoms with van der Waals surface area (Å²) in [6.45, 7) is 3.65. The van der Waals surface area contributed by atoms with Crippen LogP contribution in [0.2, 0.25) is 0 Å². The van der Waals surface area contributed by atoms with E-state index < -0.39 is 11.7 Å². The van der Waals surface area contributed by atoms with E-state index in [1.807, 2.05) is 13.0 Å². The first-order chi connectivity index (χ1) is 15.4. The molecule has 0 bridgehead atoms. The van der Waals surface area contributed by atoms with E-state index >= 15 is 0 Å². The number of methoxy groups -OCH3 is 1. The monoisotopic (exact) mass is 433 g/mol. The zero-order valence-corrected chi connectivity index (χ0v) is 17.8. The Hall–Kier alpha value is -3.93. The number of ether oxygens (including phenoxy) is 1. The van der Waals surface area contributed by atoms with Crippen LogP contribution in [0.25, 0.3) is 27.7 Å². The number of carbonyl (C=O) groups is 1. The molecule has 3 aromatic carbocycles. The topological polar surface area (TPSA) is 51.5 Å². The molecule has 0 aliphatic heterocycles. The number of para-hydroxylation sites is 1. The van der Waals surface area contributed by atoms with Gasteiger partial charge in [-0.2, -0.15) is 0 Å². The summed E-state index contributed by atoms with van der Waals surface area (Å²) in [5, 5.41) is 3.36. The Labute approximate surface area is 184 Å². The highest BCUT2D eigenvalue weighted by atomic mass is 19.1. The average Bonchev–Trinajstić information content (AvgIpc) is 3.20. The summed E-state index contributed by atoms with van der Waals surface area (Å²) in [7, 11) is 1.55. The predicted octanol–water partition coefficient (Wildman–Crippen LogP) is 6.74. The minimum atomic E-state index is -0.510. The molecule has 1 N–H and O–H groups in total. The van der Waals surface area contributed by atoms with Crippen LogP contribution in [-0.2, 0) is 4.79 Å². The van der Waals surface area contributed by atoms with Crippen molar-refractivity contribution in [3.05, 3.63) is 89.7 Å². The Balaban J connectivity index is 1.77. The van der Waals surface area contributed by atoms with Gasteiger partial charge in [0.25, 0.3) is 0 Å². The van der Waals surface area contributed by atoms with Crippen LogP contribution in [0, 0.1) is 18.6 Å². The van der Waals surface area contributed by atoms with E-state index in [1.165, 1.54) is 30.3 Å². The molecule has 4 rings (SSSR count). The molecular formula is C26H21F2NO3. The summed E-state index contributed by atoms with van der Waals surface area (Å²) in [6.07, 6.45) is 3.02. The number of hydrogen-bond acceptors (Lipinski definition) is 3. The molecule has 0 atom stereocenters. The maximum Gasteiger partial charge on any atom is 0.248 e. The number of aryl methyl sites for hydroxylation is 1. The van der Waals surface area contributed by atoms with Crippen molar-refractivity contribution >= 4 is 28.1 Å². The van der Waals surface area contributed by atoms with Crippen molar-refractivity contribution in [2.24, 2.45) is 0 Å². The molecule has 0 aliphatic carbocycles. The largest absolute Gasteiger partial charge is 0.496 e. The van der Waals surface area contributed by atoms with Gasteiger partial charge >= 0.3 is 0 Å². The van der Waals surface area contributed by atoms with Crippen molar-refractivity contribution in [1.29, 1.82) is 0 Å². The van der Waals surface area contributed by atoms with Gasteiger partial charge in [0.05, 0.1) is 19.1 Å². The maximum atomic E-state index is 13.9. The highest BCUT2D eigenvalue weighted by Gasteiger charge is 2.19. The van der Waals surface area contributed by atoms with E-state index in [-0.39, 0.29) is 11.5 Å². The van der Waals surface area contributed by atoms with E-state index in [1.54, 1.807) is 44.6 Å². The molecule has 0 saturated heterocycles. The van der Waals surface area contributed by atoms with E-state index in [0.717, 1.165) is 22.1 Å². The second-order valence-electron chi connectivity index (χ2n) is 7.41. The fourth-order valence-corrected chi connectivity index (χ4v) is 3.73. The van der Waals surface area contributed by atoms with Crippen LogP contribution in [0.15, 0.2) is 71.4 Å². The highest BCUT2D eigenvalue weighted by molar-refractivity contribution is 6.06. The second kappa shape index (κ2) is 8.67. The van der Waals surface area contributed by atoms with Crippen molar-refractivity contribution in [3.8, 4) is 16.9 Å². The zero-order valence-electron chi connectivity index (χ0n) is 17.8. The first-order valence-corrected chi connectivity index (χ1v) is 9.98. The average molecular weight is 433 g/mol. The fraction of sp³-hybridized carbons (Fsp3) is 0.115. The van der Waals surface area contributed by atoms with Gasteiger partial charge in [0.1, 0.15) is 23.0 Å². The fourth-order valence-electron chi connectivity index (χ4n) is 3.73. The molecule has 0 aliphatic rings. The molecule has 4 nitrogen and oxygen atoms in total. The number of carbonyl (C=O) groups excluding carboxylic acids is 1. The lowest BCUT2D eigenvalue weighted by molar-refractivity contribution is -0.111. The van der Waals surface area contributed by atoms with Gasteiger partial charge in [0, 0.05) is 28.2 Å². The van der Waals surface area contributed by atoms with Gasteiger partial charge in [-0.25, -0.2) is 8.78 Å². The molecule has 4 aromatic rings. The molecule has 0 fully saturated rings. The Bertz CT molecular complexity index is 1340. The third-order valence-electron chi connectivity index (χ3n) is 5.31. The number of rotatable bonds is 5. The minimum absolute atomic E-state index is 0.105. The molecule has 162 valence electrons. The van der Waals surface area contributed by atoms with Crippen LogP contribution in [0.4, 0.5) is 14.5 Å². The molecule has 1 aromatic heterocycles. The van der Waals surface area contributed by atoms with E-state index in [0.29, 0.717) is 22.5 Å². The molecule has 32 heavy (non-hydrogen) atoms. The molecule has 1 amide bonds. The molecular weight excluding hydrogens is 412 g/mol. The Morgan fingerprint density at radius 1 is 1.09 bits per heavy atom. The van der Waals surface area contributed by atoms with Gasteiger partial charge in [-0.05, 0) is 55.3 Å². The van der Waals surface area contributed by atoms with Crippen LogP contribution < -0.4 is 10.1 Å². The SMILES string of the molecule is COc1c(/C(C)=C/C(=O)Nc2ccccc2F)cc2c(-c3ccc(F)cc3)coc2c1C. The summed E-state index contributed by atoms with van der Waals surface area (Å²) < 4.78 is 38.6. The van der Waals surface area contributed by atoms with Crippen molar-refractivity contribution in [2.45, 2.75) is 13.8 Å². The van der Waals surface area contributed by atoms with Gasteiger partial charge in [-0.15, -0.1) is 0 Å². The van der Waals surface area contributed by atoms with Crippen LogP contribution in [0.3, 0.4) is 0 Å². The number of benzene rings is 3. The number of nitrogens with one attached hydrogen (secondary N) is 1. The van der Waals surface area contributed by atoms with Crippen LogP contribution in [0.5, 0.6) is 5.75 Å². The van der Waals surface area contributed by atoms with Crippen LogP contribution in [0.1, 0.15) is 18.1 Å². The number of hydrogen-bond donors (Lipinski definition) is 1. The maximum absolute atomic E-state index is 13.9. The van der Waals surface area contributed by atoms with Gasteiger partial charge in [-0.3, -0.25) is 4.79 Å². The number of furan rings is 1. The third-order valence-corrected chi connectivity index (χ3v) is 5.31. The minimum Gasteiger partial charge on any atom is -0.496 e. The smallest absolute Gasteiger partial charge is 0.248 e. The van der Waals surface area contributed by atoms with Crippen LogP contribution in [-0.4, -0.2) is 13.0 Å². The molecule has 1 heterocycles. The van der Waals surface area contributed by atoms with Gasteiger partial charge in [-0.1, -0.05) is 24.3 Å². The zero-order chi connectivity index (χ0) is 22.8. The first-order valence-electron chi connectivity index (χ1n) is 9.98. The Morgan fingerprint density at radius 2 is 1.81 bits per heavy atom. The van der Waals surface area contributed by atoms with Crippen molar-refractivity contribution in [3.63, 3.8) is 0 Å². The number of allylic oxidation sites excluding steroid dienone is 1. The van der Waals surface area contributed by atoms with E-state index in [4.69, 9.17) is 9.15 Å². The number of fused-ring (bicyclic) bond motifs is 1. The molecule has 0 saturated carbocycles. The lowest BCUT2D eigenvalue weighted by atomic mass is 9.96.